The fraction of sp³-hybridized carbons (Fsp3) is 0.0435. The number of nitrogens with zero attached hydrogens (tertiary/aromatic N) is 4. The zero-order chi connectivity index (χ0) is 20.7. The molecule has 0 aliphatic heterocycles. The molecule has 5 rings (SSSR count). The largest absolute Gasteiger partial charge is 0.335 e. The van der Waals surface area contributed by atoms with Crippen molar-refractivity contribution in [3.05, 3.63) is 83.6 Å². The molecule has 0 unspecified atom stereocenters. The normalized spacial score (nSPS) is 11.1. The van der Waals surface area contributed by atoms with E-state index in [0.29, 0.717) is 16.5 Å². The maximum atomic E-state index is 12.0. The van der Waals surface area contributed by atoms with Crippen molar-refractivity contribution < 1.29 is 4.79 Å². The highest BCUT2D eigenvalue weighted by molar-refractivity contribution is 6.30. The van der Waals surface area contributed by atoms with Crippen LogP contribution in [-0.4, -0.2) is 30.7 Å². The standard InChI is InChI=1S/C23H16ClN5O/c1-14(30)23-25-21(15-6-5-7-17(24)12-15)22(26-23)16-10-11-19-20(13-16)29(28-27-19)18-8-3-2-4-9-18/h2-13H,1H3,(H,25,26). The third kappa shape index (κ3) is 3.17. The van der Waals surface area contributed by atoms with Gasteiger partial charge in [-0.15, -0.1) is 5.10 Å². The second-order valence-corrected chi connectivity index (χ2v) is 7.35. The average molecular weight is 414 g/mol. The molecule has 3 aromatic carbocycles. The monoisotopic (exact) mass is 413 g/mol. The van der Waals surface area contributed by atoms with Crippen molar-refractivity contribution in [1.29, 1.82) is 0 Å². The number of carbonyl (C=O) groups excluding carboxylic acids is 1. The van der Waals surface area contributed by atoms with E-state index in [1.54, 1.807) is 10.7 Å². The van der Waals surface area contributed by atoms with Gasteiger partial charge in [-0.25, -0.2) is 9.67 Å². The lowest BCUT2D eigenvalue weighted by Gasteiger charge is -2.06. The smallest absolute Gasteiger partial charge is 0.195 e. The molecule has 0 fully saturated rings. The second kappa shape index (κ2) is 7.24. The van der Waals surface area contributed by atoms with E-state index in [1.165, 1.54) is 6.92 Å². The minimum Gasteiger partial charge on any atom is -0.335 e. The first-order valence-electron chi connectivity index (χ1n) is 9.38. The van der Waals surface area contributed by atoms with Crippen LogP contribution in [0.25, 0.3) is 39.2 Å². The van der Waals surface area contributed by atoms with E-state index in [4.69, 9.17) is 11.6 Å². The summed E-state index contributed by atoms with van der Waals surface area (Å²) in [6.45, 7) is 1.49. The lowest BCUT2D eigenvalue weighted by atomic mass is 10.0. The van der Waals surface area contributed by atoms with Gasteiger partial charge < -0.3 is 4.98 Å². The van der Waals surface area contributed by atoms with Gasteiger partial charge in [0.15, 0.2) is 11.6 Å². The number of aromatic amines is 1. The van der Waals surface area contributed by atoms with Gasteiger partial charge in [0.1, 0.15) is 5.52 Å². The van der Waals surface area contributed by atoms with Gasteiger partial charge in [0, 0.05) is 23.1 Å². The van der Waals surface area contributed by atoms with Crippen molar-refractivity contribution in [3.63, 3.8) is 0 Å². The SMILES string of the molecule is CC(=O)c1nc(-c2cccc(Cl)c2)c(-c2ccc3nnn(-c4ccccc4)c3c2)[nH]1. The van der Waals surface area contributed by atoms with Gasteiger partial charge in [0.2, 0.25) is 0 Å². The van der Waals surface area contributed by atoms with Gasteiger partial charge >= 0.3 is 0 Å². The topological polar surface area (TPSA) is 76.5 Å². The van der Waals surface area contributed by atoms with E-state index < -0.39 is 0 Å². The Bertz CT molecular complexity index is 1390. The second-order valence-electron chi connectivity index (χ2n) is 6.92. The van der Waals surface area contributed by atoms with Crippen molar-refractivity contribution in [2.45, 2.75) is 6.92 Å². The Hall–Kier alpha value is -3.77. The Balaban J connectivity index is 1.71. The molecule has 0 saturated heterocycles. The molecule has 0 spiro atoms. The molecule has 0 aliphatic carbocycles. The van der Waals surface area contributed by atoms with Crippen molar-refractivity contribution in [1.82, 2.24) is 25.0 Å². The first-order chi connectivity index (χ1) is 14.6. The van der Waals surface area contributed by atoms with Crippen molar-refractivity contribution in [2.75, 3.05) is 0 Å². The third-order valence-corrected chi connectivity index (χ3v) is 5.11. The van der Waals surface area contributed by atoms with Crippen LogP contribution in [0, 0.1) is 0 Å². The number of hydrogen-bond acceptors (Lipinski definition) is 4. The molecule has 1 N–H and O–H groups in total. The third-order valence-electron chi connectivity index (χ3n) is 4.87. The van der Waals surface area contributed by atoms with Crippen LogP contribution >= 0.6 is 11.6 Å². The zero-order valence-corrected chi connectivity index (χ0v) is 16.8. The number of rotatable bonds is 4. The Morgan fingerprint density at radius 2 is 1.80 bits per heavy atom. The van der Waals surface area contributed by atoms with Gasteiger partial charge in [-0.05, 0) is 36.4 Å². The predicted octanol–water partition coefficient (Wildman–Crippen LogP) is 5.33. The van der Waals surface area contributed by atoms with E-state index in [2.05, 4.69) is 20.3 Å². The summed E-state index contributed by atoms with van der Waals surface area (Å²) in [7, 11) is 0. The molecule has 0 atom stereocenters. The number of aromatic nitrogens is 5. The van der Waals surface area contributed by atoms with Crippen LogP contribution in [0.15, 0.2) is 72.8 Å². The molecule has 146 valence electrons. The average Bonchev–Trinajstić information content (AvgIpc) is 3.39. The first-order valence-corrected chi connectivity index (χ1v) is 9.76. The van der Waals surface area contributed by atoms with Gasteiger partial charge in [0.25, 0.3) is 0 Å². The quantitative estimate of drug-likeness (QED) is 0.404. The molecule has 6 nitrogen and oxygen atoms in total. The molecule has 5 aromatic rings. The van der Waals surface area contributed by atoms with E-state index in [1.807, 2.05) is 66.7 Å². The number of halogens is 1. The highest BCUT2D eigenvalue weighted by Crippen LogP contribution is 2.33. The Morgan fingerprint density at radius 1 is 0.967 bits per heavy atom. The minimum atomic E-state index is -0.137. The van der Waals surface area contributed by atoms with Gasteiger partial charge in [-0.3, -0.25) is 4.79 Å². The number of imidazole rings is 1. The summed E-state index contributed by atoms with van der Waals surface area (Å²) >= 11 is 6.19. The van der Waals surface area contributed by atoms with E-state index >= 15 is 0 Å². The summed E-state index contributed by atoms with van der Waals surface area (Å²) in [5.74, 6) is 0.163. The number of Topliss-reactive ketones (excluding diaryl/α,β-unsaturated/α-hetero) is 1. The zero-order valence-electron chi connectivity index (χ0n) is 16.0. The fourth-order valence-electron chi connectivity index (χ4n) is 3.43. The number of H-pyrrole nitrogens is 1. The van der Waals surface area contributed by atoms with Crippen LogP contribution in [0.4, 0.5) is 0 Å². The van der Waals surface area contributed by atoms with E-state index in [-0.39, 0.29) is 5.78 Å². The number of nitrogens with one attached hydrogen (secondary N) is 1. The lowest BCUT2D eigenvalue weighted by molar-refractivity contribution is 0.100. The van der Waals surface area contributed by atoms with Crippen LogP contribution in [0.1, 0.15) is 17.5 Å². The molecule has 2 heterocycles. The summed E-state index contributed by atoms with van der Waals surface area (Å²) in [6, 6.07) is 23.1. The number of carbonyl (C=O) groups is 1. The summed E-state index contributed by atoms with van der Waals surface area (Å²) in [4.78, 5) is 19.7. The van der Waals surface area contributed by atoms with Crippen LogP contribution in [0.3, 0.4) is 0 Å². The first kappa shape index (κ1) is 18.3. The van der Waals surface area contributed by atoms with Gasteiger partial charge in [-0.1, -0.05) is 53.2 Å². The highest BCUT2D eigenvalue weighted by atomic mass is 35.5. The molecule has 2 aromatic heterocycles. The molecule has 0 amide bonds. The number of para-hydroxylation sites is 1. The van der Waals surface area contributed by atoms with Crippen LogP contribution in [0.2, 0.25) is 5.02 Å². The maximum absolute atomic E-state index is 12.0. The fourth-order valence-corrected chi connectivity index (χ4v) is 3.62. The Labute approximate surface area is 177 Å². The van der Waals surface area contributed by atoms with Crippen molar-refractivity contribution in [2.24, 2.45) is 0 Å². The van der Waals surface area contributed by atoms with E-state index in [0.717, 1.165) is 33.5 Å². The maximum Gasteiger partial charge on any atom is 0.195 e. The molecular weight excluding hydrogens is 398 g/mol. The molecule has 0 bridgehead atoms. The Morgan fingerprint density at radius 3 is 2.57 bits per heavy atom. The van der Waals surface area contributed by atoms with Gasteiger partial charge in [-0.2, -0.15) is 0 Å². The Kier molecular flexibility index (Phi) is 4.41. The number of benzene rings is 3. The summed E-state index contributed by atoms with van der Waals surface area (Å²) in [5, 5.41) is 9.17. The number of hydrogen-bond donors (Lipinski definition) is 1. The molecule has 0 saturated carbocycles. The van der Waals surface area contributed by atoms with Crippen LogP contribution in [0.5, 0.6) is 0 Å². The number of fused-ring (bicyclic) bond motifs is 1. The van der Waals surface area contributed by atoms with E-state index in [9.17, 15) is 4.79 Å². The molecular formula is C23H16ClN5O. The van der Waals surface area contributed by atoms with Gasteiger partial charge in [0.05, 0.1) is 22.6 Å². The molecule has 0 radical (unpaired) electrons. The number of ketones is 1. The van der Waals surface area contributed by atoms with Crippen LogP contribution < -0.4 is 0 Å². The molecule has 0 aliphatic rings. The summed E-state index contributed by atoms with van der Waals surface area (Å²) in [6.07, 6.45) is 0. The molecule has 30 heavy (non-hydrogen) atoms. The molecule has 7 heteroatoms. The minimum absolute atomic E-state index is 0.137. The van der Waals surface area contributed by atoms with Crippen LogP contribution in [-0.2, 0) is 0 Å². The summed E-state index contributed by atoms with van der Waals surface area (Å²) < 4.78 is 1.79. The highest BCUT2D eigenvalue weighted by Gasteiger charge is 2.18. The van der Waals surface area contributed by atoms with Crippen molar-refractivity contribution >= 4 is 28.4 Å². The predicted molar refractivity (Wildman–Crippen MR) is 117 cm³/mol. The van der Waals surface area contributed by atoms with Crippen molar-refractivity contribution in [3.8, 4) is 28.2 Å². The summed E-state index contributed by atoms with van der Waals surface area (Å²) in [5.41, 5.74) is 5.66. The lowest BCUT2D eigenvalue weighted by Crippen LogP contribution is -1.96.